The number of hydrogen-bond acceptors (Lipinski definition) is 2. The number of likely N-dealkylation sites (N-methyl/N-ethyl adjacent to an activating group) is 1. The van der Waals surface area contributed by atoms with Gasteiger partial charge >= 0.3 is 0 Å². The Kier molecular flexibility index (Phi) is 5.85. The first kappa shape index (κ1) is 16.5. The molecule has 0 radical (unpaired) electrons. The highest BCUT2D eigenvalue weighted by atomic mass is 79.9. The van der Waals surface area contributed by atoms with Crippen LogP contribution in [0, 0.1) is 0 Å². The van der Waals surface area contributed by atoms with E-state index >= 15 is 0 Å². The summed E-state index contributed by atoms with van der Waals surface area (Å²) < 4.78 is 3.13. The molecule has 0 aliphatic heterocycles. The maximum atomic E-state index is 5.96. The van der Waals surface area contributed by atoms with Crippen molar-refractivity contribution < 1.29 is 0 Å². The number of halogens is 2. The molecule has 114 valence electrons. The molecular formula is C16H21BrClN3. The minimum absolute atomic E-state index is 0.218. The van der Waals surface area contributed by atoms with Crippen LogP contribution in [0.15, 0.2) is 34.9 Å². The van der Waals surface area contributed by atoms with E-state index in [9.17, 15) is 0 Å². The summed E-state index contributed by atoms with van der Waals surface area (Å²) in [6.07, 6.45) is 2.78. The van der Waals surface area contributed by atoms with Crippen molar-refractivity contribution in [3.8, 4) is 0 Å². The maximum absolute atomic E-state index is 5.96. The average Bonchev–Trinajstić information content (AvgIpc) is 2.83. The first-order chi connectivity index (χ1) is 10.0. The fourth-order valence-corrected chi connectivity index (χ4v) is 3.13. The quantitative estimate of drug-likeness (QED) is 0.793. The van der Waals surface area contributed by atoms with E-state index in [4.69, 9.17) is 11.6 Å². The molecule has 21 heavy (non-hydrogen) atoms. The van der Waals surface area contributed by atoms with Crippen molar-refractivity contribution in [3.63, 3.8) is 0 Å². The molecule has 1 unspecified atom stereocenters. The van der Waals surface area contributed by atoms with Crippen LogP contribution in [-0.4, -0.2) is 16.3 Å². The van der Waals surface area contributed by atoms with E-state index < -0.39 is 0 Å². The highest BCUT2D eigenvalue weighted by molar-refractivity contribution is 9.10. The number of benzene rings is 1. The summed E-state index contributed by atoms with van der Waals surface area (Å²) in [6.45, 7) is 7.33. The Morgan fingerprint density at radius 3 is 2.52 bits per heavy atom. The molecule has 2 aromatic rings. The topological polar surface area (TPSA) is 29.9 Å². The Balaban J connectivity index is 2.30. The Morgan fingerprint density at radius 1 is 1.29 bits per heavy atom. The van der Waals surface area contributed by atoms with Crippen molar-refractivity contribution in [2.45, 2.75) is 39.3 Å². The van der Waals surface area contributed by atoms with Gasteiger partial charge in [0.05, 0.1) is 22.4 Å². The predicted molar refractivity (Wildman–Crippen MR) is 91.9 cm³/mol. The molecule has 1 atom stereocenters. The van der Waals surface area contributed by atoms with Gasteiger partial charge in [0.1, 0.15) is 0 Å². The predicted octanol–water partition coefficient (Wildman–Crippen LogP) is 4.77. The molecule has 0 spiro atoms. The van der Waals surface area contributed by atoms with Crippen molar-refractivity contribution in [2.75, 3.05) is 6.54 Å². The van der Waals surface area contributed by atoms with Gasteiger partial charge in [-0.25, -0.2) is 0 Å². The molecule has 2 rings (SSSR count). The van der Waals surface area contributed by atoms with Gasteiger partial charge in [0, 0.05) is 11.1 Å². The SMILES string of the molecule is CCNC(Cc1ccc(Cl)cc1)c1c(Br)cnn1C(C)C. The standard InChI is InChI=1S/C16H21BrClN3/c1-4-19-15(9-12-5-7-13(18)8-6-12)16-14(17)10-20-21(16)11(2)3/h5-8,10-11,15,19H,4,9H2,1-3H3. The molecular weight excluding hydrogens is 350 g/mol. The molecule has 0 fully saturated rings. The lowest BCUT2D eigenvalue weighted by atomic mass is 10.0. The van der Waals surface area contributed by atoms with Crippen LogP contribution in [0.2, 0.25) is 5.02 Å². The zero-order chi connectivity index (χ0) is 15.4. The van der Waals surface area contributed by atoms with Gasteiger partial charge in [-0.1, -0.05) is 30.7 Å². The molecule has 0 aliphatic carbocycles. The van der Waals surface area contributed by atoms with Gasteiger partial charge in [-0.05, 0) is 60.4 Å². The molecule has 0 amide bonds. The Labute approximate surface area is 139 Å². The summed E-state index contributed by atoms with van der Waals surface area (Å²) in [7, 11) is 0. The molecule has 0 saturated carbocycles. The minimum Gasteiger partial charge on any atom is -0.309 e. The molecule has 0 saturated heterocycles. The lowest BCUT2D eigenvalue weighted by Crippen LogP contribution is -2.26. The van der Waals surface area contributed by atoms with Crippen molar-refractivity contribution in [1.82, 2.24) is 15.1 Å². The van der Waals surface area contributed by atoms with Crippen LogP contribution in [0.3, 0.4) is 0 Å². The van der Waals surface area contributed by atoms with Crippen molar-refractivity contribution in [2.24, 2.45) is 0 Å². The van der Waals surface area contributed by atoms with Crippen molar-refractivity contribution in [1.29, 1.82) is 0 Å². The molecule has 1 aromatic carbocycles. The first-order valence-electron chi connectivity index (χ1n) is 7.23. The van der Waals surface area contributed by atoms with Crippen LogP contribution < -0.4 is 5.32 Å². The summed E-state index contributed by atoms with van der Waals surface area (Å²) in [6, 6.07) is 8.59. The van der Waals surface area contributed by atoms with Gasteiger partial charge in [-0.2, -0.15) is 5.10 Å². The first-order valence-corrected chi connectivity index (χ1v) is 8.40. The second kappa shape index (κ2) is 7.43. The average molecular weight is 371 g/mol. The molecule has 1 heterocycles. The number of nitrogens with zero attached hydrogens (tertiary/aromatic N) is 2. The lowest BCUT2D eigenvalue weighted by molar-refractivity contribution is 0.446. The fraction of sp³-hybridized carbons (Fsp3) is 0.438. The van der Waals surface area contributed by atoms with E-state index in [2.05, 4.69) is 63.9 Å². The summed E-state index contributed by atoms with van der Waals surface area (Å²) in [4.78, 5) is 0. The van der Waals surface area contributed by atoms with E-state index in [0.29, 0.717) is 6.04 Å². The normalized spacial score (nSPS) is 12.9. The van der Waals surface area contributed by atoms with Gasteiger partial charge in [-0.3, -0.25) is 4.68 Å². The maximum Gasteiger partial charge on any atom is 0.0702 e. The molecule has 1 aromatic heterocycles. The third kappa shape index (κ3) is 4.09. The number of aromatic nitrogens is 2. The van der Waals surface area contributed by atoms with Crippen LogP contribution in [-0.2, 0) is 6.42 Å². The number of nitrogens with one attached hydrogen (secondary N) is 1. The third-order valence-corrected chi connectivity index (χ3v) is 4.27. The van der Waals surface area contributed by atoms with Gasteiger partial charge in [0.15, 0.2) is 0 Å². The van der Waals surface area contributed by atoms with E-state index in [1.807, 2.05) is 18.3 Å². The molecule has 5 heteroatoms. The Morgan fingerprint density at radius 2 is 1.95 bits per heavy atom. The smallest absolute Gasteiger partial charge is 0.0702 e. The van der Waals surface area contributed by atoms with E-state index in [-0.39, 0.29) is 6.04 Å². The molecule has 3 nitrogen and oxygen atoms in total. The largest absolute Gasteiger partial charge is 0.309 e. The van der Waals surface area contributed by atoms with E-state index in [0.717, 1.165) is 22.5 Å². The van der Waals surface area contributed by atoms with Gasteiger partial charge in [-0.15, -0.1) is 0 Å². The highest BCUT2D eigenvalue weighted by Gasteiger charge is 2.21. The second-order valence-electron chi connectivity index (χ2n) is 5.36. The summed E-state index contributed by atoms with van der Waals surface area (Å²) in [5.74, 6) is 0. The number of hydrogen-bond donors (Lipinski definition) is 1. The second-order valence-corrected chi connectivity index (χ2v) is 6.65. The van der Waals surface area contributed by atoms with Crippen LogP contribution in [0.5, 0.6) is 0 Å². The number of rotatable bonds is 6. The third-order valence-electron chi connectivity index (χ3n) is 3.41. The summed E-state index contributed by atoms with van der Waals surface area (Å²) in [5, 5.41) is 8.81. The summed E-state index contributed by atoms with van der Waals surface area (Å²) in [5.41, 5.74) is 2.45. The van der Waals surface area contributed by atoms with Gasteiger partial charge in [0.25, 0.3) is 0 Å². The van der Waals surface area contributed by atoms with Crippen LogP contribution in [0.25, 0.3) is 0 Å². The van der Waals surface area contributed by atoms with Crippen LogP contribution in [0.4, 0.5) is 0 Å². The highest BCUT2D eigenvalue weighted by Crippen LogP contribution is 2.28. The molecule has 0 bridgehead atoms. The van der Waals surface area contributed by atoms with Crippen molar-refractivity contribution >= 4 is 27.5 Å². The van der Waals surface area contributed by atoms with Gasteiger partial charge in [0.2, 0.25) is 0 Å². The fourth-order valence-electron chi connectivity index (χ4n) is 2.46. The van der Waals surface area contributed by atoms with E-state index in [1.54, 1.807) is 0 Å². The Bertz CT molecular complexity index is 578. The van der Waals surface area contributed by atoms with Crippen LogP contribution >= 0.6 is 27.5 Å². The zero-order valence-corrected chi connectivity index (χ0v) is 14.9. The summed E-state index contributed by atoms with van der Waals surface area (Å²) >= 11 is 9.60. The molecule has 0 aliphatic rings. The zero-order valence-electron chi connectivity index (χ0n) is 12.6. The Hall–Kier alpha value is -0.840. The minimum atomic E-state index is 0.218. The monoisotopic (exact) mass is 369 g/mol. The lowest BCUT2D eigenvalue weighted by Gasteiger charge is -2.22. The van der Waals surface area contributed by atoms with Gasteiger partial charge < -0.3 is 5.32 Å². The molecule has 1 N–H and O–H groups in total. The van der Waals surface area contributed by atoms with Crippen molar-refractivity contribution in [3.05, 3.63) is 51.2 Å². The van der Waals surface area contributed by atoms with Crippen LogP contribution in [0.1, 0.15) is 44.1 Å². The van der Waals surface area contributed by atoms with E-state index in [1.165, 1.54) is 11.3 Å².